The van der Waals surface area contributed by atoms with Crippen molar-refractivity contribution in [2.24, 2.45) is 5.84 Å². The van der Waals surface area contributed by atoms with Gasteiger partial charge in [0.05, 0.1) is 18.4 Å². The molecule has 0 radical (unpaired) electrons. The number of hydrogen-bond acceptors (Lipinski definition) is 4. The van der Waals surface area contributed by atoms with Crippen molar-refractivity contribution in [2.45, 2.75) is 6.92 Å². The van der Waals surface area contributed by atoms with E-state index < -0.39 is 0 Å². The van der Waals surface area contributed by atoms with Crippen LogP contribution in [0, 0.1) is 6.92 Å². The standard InChI is InChI=1S/C9H12N2O2.ClH/c1-6-5-7(9(12)13-2)3-4-8(6)11-10;/h3-5,11H,10H2,1-2H3;1H. The predicted octanol–water partition coefficient (Wildman–Crippen LogP) is 1.49. The van der Waals surface area contributed by atoms with Gasteiger partial charge in [-0.2, -0.15) is 0 Å². The van der Waals surface area contributed by atoms with Gasteiger partial charge in [-0.25, -0.2) is 4.79 Å². The topological polar surface area (TPSA) is 64.3 Å². The maximum Gasteiger partial charge on any atom is 0.337 e. The molecule has 3 N–H and O–H groups in total. The van der Waals surface area contributed by atoms with Crippen molar-refractivity contribution in [1.82, 2.24) is 0 Å². The summed E-state index contributed by atoms with van der Waals surface area (Å²) in [7, 11) is 1.35. The van der Waals surface area contributed by atoms with Gasteiger partial charge in [-0.1, -0.05) is 0 Å². The molecule has 0 heterocycles. The summed E-state index contributed by atoms with van der Waals surface area (Å²) in [6.45, 7) is 1.86. The Morgan fingerprint density at radius 1 is 1.50 bits per heavy atom. The number of esters is 1. The highest BCUT2D eigenvalue weighted by Gasteiger charge is 2.06. The molecule has 4 nitrogen and oxygen atoms in total. The minimum absolute atomic E-state index is 0. The van der Waals surface area contributed by atoms with Gasteiger partial charge in [0.1, 0.15) is 0 Å². The Morgan fingerprint density at radius 2 is 2.14 bits per heavy atom. The average Bonchev–Trinajstić information content (AvgIpc) is 2.16. The van der Waals surface area contributed by atoms with Gasteiger partial charge in [-0.15, -0.1) is 12.4 Å². The number of aryl methyl sites for hydroxylation is 1. The highest BCUT2D eigenvalue weighted by molar-refractivity contribution is 5.90. The third kappa shape index (κ3) is 2.61. The van der Waals surface area contributed by atoms with Gasteiger partial charge in [0, 0.05) is 0 Å². The summed E-state index contributed by atoms with van der Waals surface area (Å²) < 4.78 is 4.57. The van der Waals surface area contributed by atoms with E-state index in [1.807, 2.05) is 6.92 Å². The van der Waals surface area contributed by atoms with Gasteiger partial charge in [-0.3, -0.25) is 5.84 Å². The van der Waals surface area contributed by atoms with Gasteiger partial charge < -0.3 is 10.2 Å². The highest BCUT2D eigenvalue weighted by Crippen LogP contribution is 2.15. The molecule has 0 atom stereocenters. The molecule has 0 bridgehead atoms. The molecule has 0 aromatic heterocycles. The second-order valence-corrected chi connectivity index (χ2v) is 2.67. The maximum atomic E-state index is 11.1. The molecule has 78 valence electrons. The van der Waals surface area contributed by atoms with Gasteiger partial charge in [0.15, 0.2) is 0 Å². The lowest BCUT2D eigenvalue weighted by molar-refractivity contribution is 0.0600. The number of carbonyl (C=O) groups excluding carboxylic acids is 1. The number of nitrogen functional groups attached to an aromatic ring is 1. The number of carbonyl (C=O) groups is 1. The molecule has 0 aliphatic carbocycles. The third-order valence-corrected chi connectivity index (χ3v) is 1.80. The van der Waals surface area contributed by atoms with Crippen LogP contribution < -0.4 is 11.3 Å². The Hall–Kier alpha value is -1.26. The van der Waals surface area contributed by atoms with E-state index in [4.69, 9.17) is 5.84 Å². The zero-order valence-electron chi connectivity index (χ0n) is 8.03. The first-order valence-electron chi connectivity index (χ1n) is 3.84. The molecule has 0 aliphatic rings. The number of halogens is 1. The van der Waals surface area contributed by atoms with E-state index in [1.54, 1.807) is 18.2 Å². The SMILES string of the molecule is COC(=O)c1ccc(NN)c(C)c1.Cl. The monoisotopic (exact) mass is 216 g/mol. The molecule has 5 heteroatoms. The van der Waals surface area contributed by atoms with E-state index in [0.717, 1.165) is 11.3 Å². The maximum absolute atomic E-state index is 11.1. The van der Waals surface area contributed by atoms with Crippen molar-refractivity contribution in [1.29, 1.82) is 0 Å². The van der Waals surface area contributed by atoms with Crippen LogP contribution in [0.15, 0.2) is 18.2 Å². The van der Waals surface area contributed by atoms with Crippen molar-refractivity contribution in [3.8, 4) is 0 Å². The molecule has 0 fully saturated rings. The number of nitrogens with one attached hydrogen (secondary N) is 1. The first kappa shape index (κ1) is 12.7. The molecule has 0 unspecified atom stereocenters. The van der Waals surface area contributed by atoms with E-state index >= 15 is 0 Å². The fourth-order valence-electron chi connectivity index (χ4n) is 1.07. The van der Waals surface area contributed by atoms with Crippen LogP contribution in [0.1, 0.15) is 15.9 Å². The molecule has 0 saturated carbocycles. The lowest BCUT2D eigenvalue weighted by atomic mass is 10.1. The lowest BCUT2D eigenvalue weighted by Crippen LogP contribution is -2.09. The van der Waals surface area contributed by atoms with E-state index in [9.17, 15) is 4.79 Å². The van der Waals surface area contributed by atoms with Crippen molar-refractivity contribution in [2.75, 3.05) is 12.5 Å². The van der Waals surface area contributed by atoms with Gasteiger partial charge in [-0.05, 0) is 30.7 Å². The summed E-state index contributed by atoms with van der Waals surface area (Å²) in [6.07, 6.45) is 0. The first-order chi connectivity index (χ1) is 6.19. The summed E-state index contributed by atoms with van der Waals surface area (Å²) in [5.41, 5.74) is 4.76. The van der Waals surface area contributed by atoms with Gasteiger partial charge in [0.25, 0.3) is 0 Å². The van der Waals surface area contributed by atoms with Crippen LogP contribution >= 0.6 is 12.4 Å². The van der Waals surface area contributed by atoms with Gasteiger partial charge in [0.2, 0.25) is 0 Å². The number of ether oxygens (including phenoxy) is 1. The zero-order chi connectivity index (χ0) is 9.84. The molecule has 0 spiro atoms. The van der Waals surface area contributed by atoms with Gasteiger partial charge >= 0.3 is 5.97 Å². The number of hydrazine groups is 1. The molecular weight excluding hydrogens is 204 g/mol. The normalized spacial score (nSPS) is 8.79. The molecule has 0 saturated heterocycles. The molecule has 0 amide bonds. The second kappa shape index (κ2) is 5.47. The number of nitrogens with two attached hydrogens (primary N) is 1. The minimum Gasteiger partial charge on any atom is -0.465 e. The molecule has 1 aromatic carbocycles. The smallest absolute Gasteiger partial charge is 0.337 e. The summed E-state index contributed by atoms with van der Waals surface area (Å²) >= 11 is 0. The van der Waals surface area contributed by atoms with E-state index in [0.29, 0.717) is 5.56 Å². The number of methoxy groups -OCH3 is 1. The lowest BCUT2D eigenvalue weighted by Gasteiger charge is -2.05. The molecule has 14 heavy (non-hydrogen) atoms. The van der Waals surface area contributed by atoms with Crippen LogP contribution in [0.2, 0.25) is 0 Å². The van der Waals surface area contributed by atoms with Crippen LogP contribution in [0.4, 0.5) is 5.69 Å². The van der Waals surface area contributed by atoms with E-state index in [1.165, 1.54) is 7.11 Å². The Balaban J connectivity index is 0.00000169. The summed E-state index contributed by atoms with van der Waals surface area (Å²) in [4.78, 5) is 11.1. The number of rotatable bonds is 2. The Kier molecular flexibility index (Phi) is 4.97. The quantitative estimate of drug-likeness (QED) is 0.447. The van der Waals surface area contributed by atoms with Crippen molar-refractivity contribution in [3.05, 3.63) is 29.3 Å². The summed E-state index contributed by atoms with van der Waals surface area (Å²) in [6, 6.07) is 5.12. The third-order valence-electron chi connectivity index (χ3n) is 1.80. The minimum atomic E-state index is -0.341. The summed E-state index contributed by atoms with van der Waals surface area (Å²) in [5, 5.41) is 0. The number of benzene rings is 1. The molecule has 0 aliphatic heterocycles. The van der Waals surface area contributed by atoms with Crippen LogP contribution in [0.5, 0.6) is 0 Å². The summed E-state index contributed by atoms with van der Waals surface area (Å²) in [5.74, 6) is 4.90. The molecular formula is C9H13ClN2O2. The van der Waals surface area contributed by atoms with Crippen LogP contribution in [-0.2, 0) is 4.74 Å². The zero-order valence-corrected chi connectivity index (χ0v) is 8.85. The Morgan fingerprint density at radius 3 is 2.57 bits per heavy atom. The fraction of sp³-hybridized carbons (Fsp3) is 0.222. The Bertz CT molecular complexity index is 329. The van der Waals surface area contributed by atoms with Crippen LogP contribution in [0.25, 0.3) is 0 Å². The number of anilines is 1. The second-order valence-electron chi connectivity index (χ2n) is 2.67. The van der Waals surface area contributed by atoms with E-state index in [-0.39, 0.29) is 18.4 Å². The number of hydrogen-bond donors (Lipinski definition) is 2. The van der Waals surface area contributed by atoms with Crippen LogP contribution in [-0.4, -0.2) is 13.1 Å². The molecule has 1 aromatic rings. The van der Waals surface area contributed by atoms with Crippen molar-refractivity contribution < 1.29 is 9.53 Å². The van der Waals surface area contributed by atoms with Crippen molar-refractivity contribution in [3.63, 3.8) is 0 Å². The Labute approximate surface area is 88.8 Å². The highest BCUT2D eigenvalue weighted by atomic mass is 35.5. The fourth-order valence-corrected chi connectivity index (χ4v) is 1.07. The van der Waals surface area contributed by atoms with E-state index in [2.05, 4.69) is 10.2 Å². The molecule has 1 rings (SSSR count). The van der Waals surface area contributed by atoms with Crippen molar-refractivity contribution >= 4 is 24.1 Å². The predicted molar refractivity (Wildman–Crippen MR) is 57.6 cm³/mol. The first-order valence-corrected chi connectivity index (χ1v) is 3.84. The van der Waals surface area contributed by atoms with Crippen LogP contribution in [0.3, 0.4) is 0 Å². The largest absolute Gasteiger partial charge is 0.465 e. The average molecular weight is 217 g/mol.